The Labute approximate surface area is 169 Å². The molecule has 1 aromatic heterocycles. The molecule has 0 radical (unpaired) electrons. The van der Waals surface area contributed by atoms with Crippen molar-refractivity contribution < 1.29 is 9.90 Å². The van der Waals surface area contributed by atoms with E-state index >= 15 is 0 Å². The molecular weight excluding hydrogens is 529 g/mol. The third kappa shape index (κ3) is 2.73. The van der Waals surface area contributed by atoms with E-state index in [9.17, 15) is 9.90 Å². The van der Waals surface area contributed by atoms with Crippen molar-refractivity contribution in [3.8, 4) is 15.8 Å². The van der Waals surface area contributed by atoms with Gasteiger partial charge in [0.2, 0.25) is 0 Å². The number of fused-ring (bicyclic) bond motifs is 2. The van der Waals surface area contributed by atoms with Crippen LogP contribution < -0.4 is 5.19 Å². The molecule has 1 aliphatic heterocycles. The van der Waals surface area contributed by atoms with Crippen LogP contribution in [0.5, 0.6) is 5.75 Å². The molecular formula is C18H13Br2NO2SeSi. The van der Waals surface area contributed by atoms with Gasteiger partial charge in [0, 0.05) is 0 Å². The molecule has 2 aromatic rings. The molecule has 1 aliphatic carbocycles. The molecule has 0 unspecified atom stereocenters. The monoisotopic (exact) mass is 541 g/mol. The van der Waals surface area contributed by atoms with E-state index in [0.717, 1.165) is 39.6 Å². The number of ketones is 1. The molecule has 2 heterocycles. The van der Waals surface area contributed by atoms with Gasteiger partial charge in [-0.3, -0.25) is 0 Å². The molecule has 0 atom stereocenters. The fraction of sp³-hybridized carbons (Fsp3) is 0.111. The van der Waals surface area contributed by atoms with Crippen LogP contribution in [0.25, 0.3) is 10.0 Å². The van der Waals surface area contributed by atoms with E-state index in [2.05, 4.69) is 51.0 Å². The summed E-state index contributed by atoms with van der Waals surface area (Å²) in [6.07, 6.45) is 5.11. The maximum atomic E-state index is 11.9. The van der Waals surface area contributed by atoms with Gasteiger partial charge in [-0.1, -0.05) is 0 Å². The molecule has 2 aliphatic rings. The number of aromatic hydroxyl groups is 1. The summed E-state index contributed by atoms with van der Waals surface area (Å²) >= 11 is 7.26. The summed E-state index contributed by atoms with van der Waals surface area (Å²) in [4.78, 5) is 16.7. The van der Waals surface area contributed by atoms with Gasteiger partial charge in [0.25, 0.3) is 0 Å². The predicted octanol–water partition coefficient (Wildman–Crippen LogP) is 4.25. The number of aliphatic imine (C=N–C) groups is 1. The van der Waals surface area contributed by atoms with Gasteiger partial charge in [0.1, 0.15) is 0 Å². The fourth-order valence-corrected chi connectivity index (χ4v) is 10.6. The van der Waals surface area contributed by atoms with Crippen LogP contribution in [0.1, 0.15) is 0 Å². The van der Waals surface area contributed by atoms with Crippen LogP contribution in [-0.2, 0) is 4.79 Å². The first-order chi connectivity index (χ1) is 11.8. The van der Waals surface area contributed by atoms with Gasteiger partial charge in [-0.15, -0.1) is 0 Å². The van der Waals surface area contributed by atoms with Crippen LogP contribution >= 0.6 is 31.9 Å². The van der Waals surface area contributed by atoms with Gasteiger partial charge in [-0.2, -0.15) is 0 Å². The average molecular weight is 542 g/mol. The third-order valence-electron chi connectivity index (χ3n) is 4.56. The Morgan fingerprint density at radius 3 is 2.64 bits per heavy atom. The molecule has 3 nitrogen and oxygen atoms in total. The summed E-state index contributed by atoms with van der Waals surface area (Å²) < 4.78 is 3.27. The Morgan fingerprint density at radius 1 is 1.20 bits per heavy atom. The van der Waals surface area contributed by atoms with Gasteiger partial charge >= 0.3 is 170 Å². The normalized spacial score (nSPS) is 17.7. The second kappa shape index (κ2) is 6.03. The van der Waals surface area contributed by atoms with Gasteiger partial charge in [0.15, 0.2) is 0 Å². The molecule has 7 heteroatoms. The SMILES string of the molecule is C[Si]1(C)C2=CC(=O)C=CC2=Nc2ccc(O)c(-c3cc(Br)c(Br)[se]3)c21. The van der Waals surface area contributed by atoms with Crippen LogP contribution in [0.3, 0.4) is 0 Å². The number of carbonyl (C=O) groups excluding carboxylic acids is 1. The van der Waals surface area contributed by atoms with Crippen molar-refractivity contribution in [2.45, 2.75) is 13.1 Å². The number of nitrogens with zero attached hydrogens (tertiary/aromatic N) is 1. The molecule has 1 N–H and O–H groups in total. The Balaban J connectivity index is 2.06. The zero-order valence-corrected chi connectivity index (χ0v) is 19.3. The zero-order chi connectivity index (χ0) is 17.9. The van der Waals surface area contributed by atoms with Crippen molar-refractivity contribution >= 4 is 76.8 Å². The number of halogens is 2. The second-order valence-corrected chi connectivity index (χ2v) is 15.8. The van der Waals surface area contributed by atoms with E-state index in [1.54, 1.807) is 18.2 Å². The number of allylic oxidation sites excluding steroid dienone is 4. The molecule has 4 rings (SSSR count). The average Bonchev–Trinajstić information content (AvgIpc) is 2.88. The first-order valence-electron chi connectivity index (χ1n) is 7.64. The molecule has 0 saturated heterocycles. The number of hydrogen-bond acceptors (Lipinski definition) is 3. The van der Waals surface area contributed by atoms with Crippen molar-refractivity contribution in [2.24, 2.45) is 4.99 Å². The summed E-state index contributed by atoms with van der Waals surface area (Å²) in [5, 5.41) is 12.8. The fourth-order valence-electron chi connectivity index (χ4n) is 3.40. The molecule has 25 heavy (non-hydrogen) atoms. The van der Waals surface area contributed by atoms with Gasteiger partial charge in [-0.25, -0.2) is 0 Å². The molecule has 126 valence electrons. The van der Waals surface area contributed by atoms with Crippen LogP contribution in [0.4, 0.5) is 5.69 Å². The summed E-state index contributed by atoms with van der Waals surface area (Å²) in [5.74, 6) is 0.294. The van der Waals surface area contributed by atoms with E-state index < -0.39 is 8.07 Å². The van der Waals surface area contributed by atoms with E-state index in [0.29, 0.717) is 0 Å². The first-order valence-corrected chi connectivity index (χ1v) is 13.9. The van der Waals surface area contributed by atoms with Crippen LogP contribution in [-0.4, -0.2) is 39.2 Å². The predicted molar refractivity (Wildman–Crippen MR) is 112 cm³/mol. The standard InChI is InChI=1S/C18H13Br2NO2SeSi/c1-25(2)15-7-9(22)3-4-11(15)21-12-5-6-13(23)16(17(12)25)14-8-10(19)18(20)24-14/h3-8,23H,1-2H3. The molecule has 0 saturated carbocycles. The molecule has 0 bridgehead atoms. The maximum absolute atomic E-state index is 11.9. The number of phenols is 1. The van der Waals surface area contributed by atoms with Gasteiger partial charge in [-0.05, 0) is 0 Å². The van der Waals surface area contributed by atoms with Crippen molar-refractivity contribution in [1.82, 2.24) is 0 Å². The summed E-state index contributed by atoms with van der Waals surface area (Å²) in [6, 6.07) is 5.69. The Bertz CT molecular complexity index is 1010. The van der Waals surface area contributed by atoms with Crippen molar-refractivity contribution in [3.05, 3.63) is 49.4 Å². The van der Waals surface area contributed by atoms with Crippen molar-refractivity contribution in [2.75, 3.05) is 0 Å². The van der Waals surface area contributed by atoms with Crippen LogP contribution in [0, 0.1) is 0 Å². The van der Waals surface area contributed by atoms with Crippen LogP contribution in [0.15, 0.2) is 54.4 Å². The van der Waals surface area contributed by atoms with Gasteiger partial charge < -0.3 is 0 Å². The van der Waals surface area contributed by atoms with E-state index in [1.807, 2.05) is 12.1 Å². The van der Waals surface area contributed by atoms with Crippen LogP contribution in [0.2, 0.25) is 13.1 Å². The molecule has 0 fully saturated rings. The first kappa shape index (κ1) is 17.4. The Hall–Kier alpha value is -0.984. The molecule has 0 amide bonds. The van der Waals surface area contributed by atoms with E-state index in [4.69, 9.17) is 4.99 Å². The summed E-state index contributed by atoms with van der Waals surface area (Å²) in [6.45, 7) is 4.45. The van der Waals surface area contributed by atoms with E-state index in [-0.39, 0.29) is 26.0 Å². The molecule has 0 spiro atoms. The number of carbonyl (C=O) groups is 1. The van der Waals surface area contributed by atoms with Crippen molar-refractivity contribution in [1.29, 1.82) is 0 Å². The summed E-state index contributed by atoms with van der Waals surface area (Å²) in [7, 11) is -2.18. The number of phenolic OH excluding ortho intramolecular Hbond substituents is 1. The summed E-state index contributed by atoms with van der Waals surface area (Å²) in [5.41, 5.74) is 2.68. The number of rotatable bonds is 1. The number of benzene rings is 1. The van der Waals surface area contributed by atoms with E-state index in [1.165, 1.54) is 0 Å². The Kier molecular flexibility index (Phi) is 4.20. The van der Waals surface area contributed by atoms with Gasteiger partial charge in [0.05, 0.1) is 0 Å². The second-order valence-electron chi connectivity index (χ2n) is 6.50. The Morgan fingerprint density at radius 2 is 1.96 bits per heavy atom. The van der Waals surface area contributed by atoms with Crippen molar-refractivity contribution in [3.63, 3.8) is 0 Å². The number of hydrogen-bond donors (Lipinski definition) is 1. The zero-order valence-electron chi connectivity index (χ0n) is 13.4. The minimum atomic E-state index is -2.18. The quantitative estimate of drug-likeness (QED) is 0.433. The topological polar surface area (TPSA) is 49.7 Å². The third-order valence-corrected chi connectivity index (χ3v) is 13.1. The molecule has 1 aromatic carbocycles. The minimum absolute atomic E-state index is 0.0103.